The van der Waals surface area contributed by atoms with Crippen LogP contribution in [0.25, 0.3) is 0 Å². The Morgan fingerprint density at radius 1 is 1.04 bits per heavy atom. The summed E-state index contributed by atoms with van der Waals surface area (Å²) in [5, 5.41) is 2.53. The third-order valence-electron chi connectivity index (χ3n) is 4.38. The zero-order chi connectivity index (χ0) is 21.3. The summed E-state index contributed by atoms with van der Waals surface area (Å²) in [7, 11) is 0. The highest BCUT2D eigenvalue weighted by Crippen LogP contribution is 2.23. The second-order valence-corrected chi connectivity index (χ2v) is 7.98. The molecule has 6 nitrogen and oxygen atoms in total. The molecule has 1 aromatic rings. The Morgan fingerprint density at radius 3 is 2.11 bits per heavy atom. The molecule has 3 atom stereocenters. The quantitative estimate of drug-likeness (QED) is 0.615. The molecule has 0 saturated carbocycles. The van der Waals surface area contributed by atoms with Crippen LogP contribution in [0, 0.1) is 5.92 Å². The lowest BCUT2D eigenvalue weighted by molar-refractivity contribution is -0.160. The summed E-state index contributed by atoms with van der Waals surface area (Å²) in [4.78, 5) is 24.5. The zero-order valence-corrected chi connectivity index (χ0v) is 18.2. The van der Waals surface area contributed by atoms with Gasteiger partial charge in [0.1, 0.15) is 29.6 Å². The standard InChI is InChI=1S/C22H35NO5/c1-8-17(9-2)19(16(4)26-18-13-11-10-12-14-18)27-20(24)15(3)23-21(25)28-22(5,6)7/h10-17,19H,8-9H2,1-7H3,(H,23,25)/t15-,16-,19-/m0/s1. The van der Waals surface area contributed by atoms with E-state index in [2.05, 4.69) is 19.2 Å². The first-order chi connectivity index (χ1) is 13.1. The molecule has 0 aliphatic rings. The number of hydrogen-bond donors (Lipinski definition) is 1. The molecule has 1 aromatic carbocycles. The molecule has 0 unspecified atom stereocenters. The predicted octanol–water partition coefficient (Wildman–Crippen LogP) is 4.72. The van der Waals surface area contributed by atoms with Crippen LogP contribution in [0.5, 0.6) is 5.75 Å². The van der Waals surface area contributed by atoms with Crippen molar-refractivity contribution >= 4 is 12.1 Å². The number of carbonyl (C=O) groups is 2. The van der Waals surface area contributed by atoms with Crippen LogP contribution in [-0.4, -0.2) is 35.9 Å². The molecule has 1 amide bonds. The van der Waals surface area contributed by atoms with Crippen molar-refractivity contribution in [2.75, 3.05) is 0 Å². The summed E-state index contributed by atoms with van der Waals surface area (Å²) in [5.41, 5.74) is -0.635. The second-order valence-electron chi connectivity index (χ2n) is 7.98. The molecule has 6 heteroatoms. The predicted molar refractivity (Wildman–Crippen MR) is 109 cm³/mol. The fraction of sp³-hybridized carbons (Fsp3) is 0.636. The van der Waals surface area contributed by atoms with Gasteiger partial charge in [0.25, 0.3) is 0 Å². The van der Waals surface area contributed by atoms with Gasteiger partial charge in [-0.05, 0) is 65.5 Å². The number of amides is 1. The number of esters is 1. The lowest BCUT2D eigenvalue weighted by Gasteiger charge is -2.31. The largest absolute Gasteiger partial charge is 0.487 e. The number of alkyl carbamates (subject to hydrolysis) is 1. The first-order valence-electron chi connectivity index (χ1n) is 9.99. The van der Waals surface area contributed by atoms with Gasteiger partial charge in [-0.15, -0.1) is 0 Å². The van der Waals surface area contributed by atoms with E-state index in [0.717, 1.165) is 18.6 Å². The molecule has 0 aromatic heterocycles. The minimum atomic E-state index is -0.823. The molecule has 0 heterocycles. The number of ether oxygens (including phenoxy) is 3. The number of benzene rings is 1. The first kappa shape index (κ1) is 23.8. The van der Waals surface area contributed by atoms with Gasteiger partial charge >= 0.3 is 12.1 Å². The SMILES string of the molecule is CCC(CC)[C@@H](OC(=O)[C@H](C)NC(=O)OC(C)(C)C)[C@H](C)Oc1ccccc1. The molecule has 158 valence electrons. The Balaban J connectivity index is 2.79. The van der Waals surface area contributed by atoms with Crippen LogP contribution in [0.4, 0.5) is 4.79 Å². The summed E-state index contributed by atoms with van der Waals surface area (Å²) in [5.74, 6) is 0.365. The molecule has 0 bridgehead atoms. The summed E-state index contributed by atoms with van der Waals surface area (Å²) in [6, 6.07) is 8.62. The molecular formula is C22H35NO5. The van der Waals surface area contributed by atoms with E-state index in [1.165, 1.54) is 0 Å². The van der Waals surface area contributed by atoms with Crippen LogP contribution in [0.1, 0.15) is 61.3 Å². The Bertz CT molecular complexity index is 607. The second kappa shape index (κ2) is 10.9. The number of rotatable bonds is 9. The number of hydrogen-bond acceptors (Lipinski definition) is 5. The Kier molecular flexibility index (Phi) is 9.29. The van der Waals surface area contributed by atoms with E-state index >= 15 is 0 Å². The number of carbonyl (C=O) groups excluding carboxylic acids is 2. The Hall–Kier alpha value is -2.24. The average molecular weight is 394 g/mol. The van der Waals surface area contributed by atoms with Crippen molar-refractivity contribution in [3.8, 4) is 5.75 Å². The topological polar surface area (TPSA) is 73.9 Å². The fourth-order valence-corrected chi connectivity index (χ4v) is 2.89. The monoisotopic (exact) mass is 393 g/mol. The molecule has 28 heavy (non-hydrogen) atoms. The minimum Gasteiger partial charge on any atom is -0.487 e. The maximum absolute atomic E-state index is 12.6. The fourth-order valence-electron chi connectivity index (χ4n) is 2.89. The minimum absolute atomic E-state index is 0.149. The van der Waals surface area contributed by atoms with Gasteiger partial charge in [-0.3, -0.25) is 0 Å². The molecule has 1 N–H and O–H groups in total. The molecule has 0 aliphatic heterocycles. The van der Waals surface area contributed by atoms with Crippen molar-refractivity contribution in [2.24, 2.45) is 5.92 Å². The highest BCUT2D eigenvalue weighted by molar-refractivity contribution is 5.81. The van der Waals surface area contributed by atoms with Crippen LogP contribution in [0.3, 0.4) is 0 Å². The van der Waals surface area contributed by atoms with Crippen molar-refractivity contribution in [3.63, 3.8) is 0 Å². The van der Waals surface area contributed by atoms with Gasteiger partial charge in [0, 0.05) is 0 Å². The van der Waals surface area contributed by atoms with E-state index in [1.54, 1.807) is 27.7 Å². The average Bonchev–Trinajstić information content (AvgIpc) is 2.60. The van der Waals surface area contributed by atoms with Gasteiger partial charge in [0.05, 0.1) is 0 Å². The lowest BCUT2D eigenvalue weighted by Crippen LogP contribution is -2.46. The van der Waals surface area contributed by atoms with Crippen LogP contribution in [-0.2, 0) is 14.3 Å². The van der Waals surface area contributed by atoms with Crippen LogP contribution >= 0.6 is 0 Å². The third-order valence-corrected chi connectivity index (χ3v) is 4.38. The maximum Gasteiger partial charge on any atom is 0.408 e. The molecule has 0 radical (unpaired) electrons. The van der Waals surface area contributed by atoms with E-state index in [4.69, 9.17) is 14.2 Å². The summed E-state index contributed by atoms with van der Waals surface area (Å²) < 4.78 is 17.0. The lowest BCUT2D eigenvalue weighted by atomic mass is 9.93. The van der Waals surface area contributed by atoms with Gasteiger partial charge < -0.3 is 19.5 Å². The smallest absolute Gasteiger partial charge is 0.408 e. The summed E-state index contributed by atoms with van der Waals surface area (Å²) in [6.07, 6.45) is 0.301. The van der Waals surface area contributed by atoms with Crippen molar-refractivity contribution in [3.05, 3.63) is 30.3 Å². The zero-order valence-electron chi connectivity index (χ0n) is 18.2. The molecule has 0 fully saturated rings. The van der Waals surface area contributed by atoms with Crippen molar-refractivity contribution in [1.29, 1.82) is 0 Å². The Labute approximate surface area is 168 Å². The van der Waals surface area contributed by atoms with E-state index in [1.807, 2.05) is 37.3 Å². The Morgan fingerprint density at radius 2 is 1.61 bits per heavy atom. The van der Waals surface area contributed by atoms with E-state index in [0.29, 0.717) is 0 Å². The maximum atomic E-state index is 12.6. The summed E-state index contributed by atoms with van der Waals surface area (Å²) in [6.45, 7) is 12.9. The van der Waals surface area contributed by atoms with E-state index in [9.17, 15) is 9.59 Å². The number of nitrogens with one attached hydrogen (secondary N) is 1. The highest BCUT2D eigenvalue weighted by atomic mass is 16.6. The van der Waals surface area contributed by atoms with Crippen molar-refractivity contribution < 1.29 is 23.8 Å². The molecule has 0 saturated heterocycles. The van der Waals surface area contributed by atoms with E-state index in [-0.39, 0.29) is 12.0 Å². The van der Waals surface area contributed by atoms with Crippen molar-refractivity contribution in [2.45, 2.75) is 85.2 Å². The summed E-state index contributed by atoms with van der Waals surface area (Å²) >= 11 is 0. The molecule has 0 aliphatic carbocycles. The first-order valence-corrected chi connectivity index (χ1v) is 9.99. The van der Waals surface area contributed by atoms with E-state index < -0.39 is 29.8 Å². The van der Waals surface area contributed by atoms with Crippen LogP contribution in [0.2, 0.25) is 0 Å². The third kappa shape index (κ3) is 8.19. The molecular weight excluding hydrogens is 358 g/mol. The van der Waals surface area contributed by atoms with Gasteiger partial charge in [-0.1, -0.05) is 32.0 Å². The van der Waals surface area contributed by atoms with Crippen LogP contribution < -0.4 is 10.1 Å². The van der Waals surface area contributed by atoms with Gasteiger partial charge in [0.15, 0.2) is 0 Å². The molecule has 1 rings (SSSR count). The van der Waals surface area contributed by atoms with Crippen molar-refractivity contribution in [1.82, 2.24) is 5.32 Å². The van der Waals surface area contributed by atoms with Crippen LogP contribution in [0.15, 0.2) is 30.3 Å². The van der Waals surface area contributed by atoms with Gasteiger partial charge in [-0.2, -0.15) is 0 Å². The molecule has 0 spiro atoms. The number of para-hydroxylation sites is 1. The normalized spacial score (nSPS) is 14.7. The van der Waals surface area contributed by atoms with Gasteiger partial charge in [0.2, 0.25) is 0 Å². The van der Waals surface area contributed by atoms with Gasteiger partial charge in [-0.25, -0.2) is 9.59 Å². The highest BCUT2D eigenvalue weighted by Gasteiger charge is 2.32.